The van der Waals surface area contributed by atoms with Crippen molar-refractivity contribution in [2.45, 2.75) is 0 Å². The number of hydrogen-bond donors (Lipinski definition) is 0. The number of sulfonamides is 1. The van der Waals surface area contributed by atoms with Gasteiger partial charge in [0.2, 0.25) is 15.9 Å². The van der Waals surface area contributed by atoms with E-state index in [0.29, 0.717) is 31.9 Å². The van der Waals surface area contributed by atoms with E-state index in [-0.39, 0.29) is 24.8 Å². The molecule has 0 aromatic heterocycles. The first-order valence-electron chi connectivity index (χ1n) is 7.66. The summed E-state index contributed by atoms with van der Waals surface area (Å²) in [5, 5.41) is 0. The summed E-state index contributed by atoms with van der Waals surface area (Å²) in [4.78, 5) is 15.8. The molecule has 1 fully saturated rings. The lowest BCUT2D eigenvalue weighted by Crippen LogP contribution is -2.52. The summed E-state index contributed by atoms with van der Waals surface area (Å²) in [7, 11) is -3.47. The first-order chi connectivity index (χ1) is 11.3. The molecule has 1 aromatic carbocycles. The standard InChI is InChI=1S/C16H22FN3O3S/c1-3-8-20(24(2,22)23)13-16(21)19-11-9-18(10-12-19)15-7-5-4-6-14(15)17/h3-7H,1,8-13H2,2H3. The second-order valence-electron chi connectivity index (χ2n) is 5.66. The number of rotatable bonds is 6. The summed E-state index contributed by atoms with van der Waals surface area (Å²) in [6.45, 7) is 5.28. The van der Waals surface area contributed by atoms with Crippen molar-refractivity contribution >= 4 is 21.6 Å². The highest BCUT2D eigenvalue weighted by Crippen LogP contribution is 2.20. The summed E-state index contributed by atoms with van der Waals surface area (Å²) in [5.74, 6) is -0.540. The van der Waals surface area contributed by atoms with E-state index < -0.39 is 10.0 Å². The molecule has 0 radical (unpaired) electrons. The molecular formula is C16H22FN3O3S. The predicted octanol–water partition coefficient (Wildman–Crippen LogP) is 0.922. The minimum absolute atomic E-state index is 0.0970. The van der Waals surface area contributed by atoms with Crippen molar-refractivity contribution in [1.29, 1.82) is 0 Å². The molecule has 0 bridgehead atoms. The Balaban J connectivity index is 1.95. The van der Waals surface area contributed by atoms with Crippen LogP contribution >= 0.6 is 0 Å². The zero-order valence-electron chi connectivity index (χ0n) is 13.7. The normalized spacial score (nSPS) is 15.6. The Morgan fingerprint density at radius 1 is 1.29 bits per heavy atom. The average Bonchev–Trinajstić information content (AvgIpc) is 2.54. The van der Waals surface area contributed by atoms with Gasteiger partial charge in [0.25, 0.3) is 0 Å². The van der Waals surface area contributed by atoms with Gasteiger partial charge in [0.1, 0.15) is 5.82 Å². The number of amides is 1. The van der Waals surface area contributed by atoms with Gasteiger partial charge in [-0.05, 0) is 12.1 Å². The van der Waals surface area contributed by atoms with Crippen LogP contribution in [0.15, 0.2) is 36.9 Å². The fourth-order valence-electron chi connectivity index (χ4n) is 2.62. The third kappa shape index (κ3) is 4.55. The Hall–Kier alpha value is -1.93. The van der Waals surface area contributed by atoms with E-state index in [2.05, 4.69) is 6.58 Å². The van der Waals surface area contributed by atoms with Gasteiger partial charge in [0, 0.05) is 32.7 Å². The zero-order chi connectivity index (χ0) is 17.7. The smallest absolute Gasteiger partial charge is 0.238 e. The molecule has 0 atom stereocenters. The Bertz CT molecular complexity index is 700. The second-order valence-corrected chi connectivity index (χ2v) is 7.65. The molecule has 1 aromatic rings. The highest BCUT2D eigenvalue weighted by atomic mass is 32.2. The fraction of sp³-hybridized carbons (Fsp3) is 0.438. The summed E-state index contributed by atoms with van der Waals surface area (Å²) in [6, 6.07) is 6.53. The van der Waals surface area contributed by atoms with E-state index in [9.17, 15) is 17.6 Å². The molecule has 0 unspecified atom stereocenters. The maximum Gasteiger partial charge on any atom is 0.238 e. The molecule has 0 N–H and O–H groups in total. The fourth-order valence-corrected chi connectivity index (χ4v) is 3.34. The average molecular weight is 355 g/mol. The van der Waals surface area contributed by atoms with Crippen molar-refractivity contribution in [3.05, 3.63) is 42.7 Å². The van der Waals surface area contributed by atoms with Gasteiger partial charge in [-0.2, -0.15) is 4.31 Å². The zero-order valence-corrected chi connectivity index (χ0v) is 14.5. The molecule has 132 valence electrons. The van der Waals surface area contributed by atoms with Gasteiger partial charge < -0.3 is 9.80 Å². The molecule has 1 saturated heterocycles. The summed E-state index contributed by atoms with van der Waals surface area (Å²) in [5.41, 5.74) is 0.522. The Labute approximate surface area is 142 Å². The maximum absolute atomic E-state index is 13.8. The molecule has 6 nitrogen and oxygen atoms in total. The van der Waals surface area contributed by atoms with E-state index in [0.717, 1.165) is 10.6 Å². The largest absolute Gasteiger partial charge is 0.366 e. The van der Waals surface area contributed by atoms with Crippen molar-refractivity contribution in [3.63, 3.8) is 0 Å². The van der Waals surface area contributed by atoms with E-state index in [1.165, 1.54) is 12.1 Å². The lowest BCUT2D eigenvalue weighted by Gasteiger charge is -2.36. The first-order valence-corrected chi connectivity index (χ1v) is 9.51. The molecule has 0 saturated carbocycles. The van der Waals surface area contributed by atoms with Crippen molar-refractivity contribution < 1.29 is 17.6 Å². The van der Waals surface area contributed by atoms with Crippen LogP contribution in [0.3, 0.4) is 0 Å². The van der Waals surface area contributed by atoms with Crippen molar-refractivity contribution in [3.8, 4) is 0 Å². The summed E-state index contributed by atoms with van der Waals surface area (Å²) in [6.07, 6.45) is 2.52. The van der Waals surface area contributed by atoms with Crippen molar-refractivity contribution in [2.24, 2.45) is 0 Å². The summed E-state index contributed by atoms with van der Waals surface area (Å²) < 4.78 is 38.2. The van der Waals surface area contributed by atoms with Gasteiger partial charge in [-0.15, -0.1) is 6.58 Å². The Kier molecular flexibility index (Phi) is 5.95. The minimum Gasteiger partial charge on any atom is -0.366 e. The molecule has 8 heteroatoms. The van der Waals surface area contributed by atoms with Gasteiger partial charge in [-0.1, -0.05) is 18.2 Å². The van der Waals surface area contributed by atoms with Crippen LogP contribution in [0.2, 0.25) is 0 Å². The second kappa shape index (κ2) is 7.76. The highest BCUT2D eigenvalue weighted by molar-refractivity contribution is 7.88. The van der Waals surface area contributed by atoms with Gasteiger partial charge in [-0.3, -0.25) is 4.79 Å². The third-order valence-electron chi connectivity index (χ3n) is 3.94. The van der Waals surface area contributed by atoms with E-state index >= 15 is 0 Å². The van der Waals surface area contributed by atoms with Crippen LogP contribution in [-0.4, -0.2) is 69.1 Å². The van der Waals surface area contributed by atoms with Gasteiger partial charge in [0.05, 0.1) is 18.5 Å². The van der Waals surface area contributed by atoms with E-state index in [1.54, 1.807) is 23.1 Å². The van der Waals surface area contributed by atoms with Crippen LogP contribution in [-0.2, 0) is 14.8 Å². The van der Waals surface area contributed by atoms with Gasteiger partial charge >= 0.3 is 0 Å². The molecule has 0 aliphatic carbocycles. The van der Waals surface area contributed by atoms with Crippen LogP contribution in [0.5, 0.6) is 0 Å². The van der Waals surface area contributed by atoms with Crippen molar-refractivity contribution in [1.82, 2.24) is 9.21 Å². The van der Waals surface area contributed by atoms with E-state index in [4.69, 9.17) is 0 Å². The first kappa shape index (κ1) is 18.4. The molecule has 0 spiro atoms. The van der Waals surface area contributed by atoms with E-state index in [1.807, 2.05) is 4.90 Å². The molecule has 1 aliphatic rings. The maximum atomic E-state index is 13.8. The topological polar surface area (TPSA) is 60.9 Å². The molecule has 24 heavy (non-hydrogen) atoms. The number of nitrogens with zero attached hydrogens (tertiary/aromatic N) is 3. The quantitative estimate of drug-likeness (QED) is 0.712. The molecule has 1 aliphatic heterocycles. The van der Waals surface area contributed by atoms with Gasteiger partial charge in [0.15, 0.2) is 0 Å². The number of carbonyl (C=O) groups is 1. The lowest BCUT2D eigenvalue weighted by molar-refractivity contribution is -0.131. The lowest BCUT2D eigenvalue weighted by atomic mass is 10.2. The third-order valence-corrected chi connectivity index (χ3v) is 5.16. The van der Waals surface area contributed by atoms with Crippen LogP contribution in [0.4, 0.5) is 10.1 Å². The molecule has 1 heterocycles. The number of piperazine rings is 1. The number of benzene rings is 1. The number of para-hydroxylation sites is 1. The number of carbonyl (C=O) groups excluding carboxylic acids is 1. The highest BCUT2D eigenvalue weighted by Gasteiger charge is 2.26. The van der Waals surface area contributed by atoms with Crippen LogP contribution < -0.4 is 4.90 Å². The minimum atomic E-state index is -3.47. The number of halogens is 1. The summed E-state index contributed by atoms with van der Waals surface area (Å²) >= 11 is 0. The predicted molar refractivity (Wildman–Crippen MR) is 91.8 cm³/mol. The van der Waals surface area contributed by atoms with Crippen LogP contribution in [0.1, 0.15) is 0 Å². The van der Waals surface area contributed by atoms with Gasteiger partial charge in [-0.25, -0.2) is 12.8 Å². The molecule has 1 amide bonds. The SMILES string of the molecule is C=CCN(CC(=O)N1CCN(c2ccccc2F)CC1)S(C)(=O)=O. The number of anilines is 1. The van der Waals surface area contributed by atoms with Crippen LogP contribution in [0, 0.1) is 5.82 Å². The van der Waals surface area contributed by atoms with Crippen molar-refractivity contribution in [2.75, 3.05) is 50.4 Å². The monoisotopic (exact) mass is 355 g/mol. The number of hydrogen-bond acceptors (Lipinski definition) is 4. The van der Waals surface area contributed by atoms with Crippen LogP contribution in [0.25, 0.3) is 0 Å². The Morgan fingerprint density at radius 2 is 1.92 bits per heavy atom. The molecule has 2 rings (SSSR count). The Morgan fingerprint density at radius 3 is 2.46 bits per heavy atom. The molecular weight excluding hydrogens is 333 g/mol.